The molecule has 0 unspecified atom stereocenters. The molecule has 2 amide bonds. The van der Waals surface area contributed by atoms with Crippen molar-refractivity contribution in [1.82, 2.24) is 9.78 Å². The second-order valence-electron chi connectivity index (χ2n) is 8.99. The summed E-state index contributed by atoms with van der Waals surface area (Å²) in [5.74, 6) is 0.768. The second-order valence-corrected chi connectivity index (χ2v) is 8.99. The van der Waals surface area contributed by atoms with Gasteiger partial charge in [-0.1, -0.05) is 13.8 Å². The van der Waals surface area contributed by atoms with Crippen LogP contribution < -0.4 is 15.4 Å². The predicted molar refractivity (Wildman–Crippen MR) is 122 cm³/mol. The van der Waals surface area contributed by atoms with E-state index in [0.29, 0.717) is 23.0 Å². The van der Waals surface area contributed by atoms with Crippen molar-refractivity contribution in [2.24, 2.45) is 5.92 Å². The lowest BCUT2D eigenvalue weighted by Gasteiger charge is -2.20. The van der Waals surface area contributed by atoms with Gasteiger partial charge in [0.15, 0.2) is 0 Å². The van der Waals surface area contributed by atoms with Gasteiger partial charge in [-0.25, -0.2) is 4.79 Å². The third kappa shape index (κ3) is 7.01. The highest BCUT2D eigenvalue weighted by Gasteiger charge is 2.19. The summed E-state index contributed by atoms with van der Waals surface area (Å²) in [7, 11) is 1.51. The first kappa shape index (κ1) is 24.2. The van der Waals surface area contributed by atoms with E-state index < -0.39 is 11.7 Å². The van der Waals surface area contributed by atoms with Gasteiger partial charge in [0.25, 0.3) is 0 Å². The van der Waals surface area contributed by atoms with Gasteiger partial charge in [0, 0.05) is 23.5 Å². The molecule has 31 heavy (non-hydrogen) atoms. The number of carbonyl (C=O) groups is 2. The number of amides is 2. The highest BCUT2D eigenvalue weighted by atomic mass is 16.6. The maximum absolute atomic E-state index is 12.7. The van der Waals surface area contributed by atoms with Crippen molar-refractivity contribution in [1.29, 1.82) is 0 Å². The minimum atomic E-state index is -0.626. The highest BCUT2D eigenvalue weighted by Crippen LogP contribution is 2.28. The Balaban J connectivity index is 2.13. The van der Waals surface area contributed by atoms with Crippen LogP contribution in [0.3, 0.4) is 0 Å². The molecule has 8 nitrogen and oxygen atoms in total. The monoisotopic (exact) mass is 430 g/mol. The Morgan fingerprint density at radius 1 is 1.16 bits per heavy atom. The molecule has 1 heterocycles. The van der Waals surface area contributed by atoms with E-state index in [2.05, 4.69) is 29.6 Å². The van der Waals surface area contributed by atoms with Crippen molar-refractivity contribution in [3.8, 4) is 5.75 Å². The normalized spacial score (nSPS) is 11.4. The number of rotatable bonds is 7. The van der Waals surface area contributed by atoms with E-state index in [4.69, 9.17) is 9.47 Å². The standard InChI is InChI=1S/C23H34N4O4/c1-14(2)13-27-16(4)18(15(3)26-27)12-21(28)24-17-9-10-20(30-8)19(11-17)25-22(29)31-23(5,6)7/h9-11,14H,12-13H2,1-8H3,(H,24,28)(H,25,29). The summed E-state index contributed by atoms with van der Waals surface area (Å²) in [5.41, 5.74) is 3.12. The van der Waals surface area contributed by atoms with Gasteiger partial charge < -0.3 is 14.8 Å². The van der Waals surface area contributed by atoms with Crippen molar-refractivity contribution in [3.05, 3.63) is 35.2 Å². The zero-order valence-corrected chi connectivity index (χ0v) is 19.8. The van der Waals surface area contributed by atoms with E-state index in [0.717, 1.165) is 23.5 Å². The lowest BCUT2D eigenvalue weighted by atomic mass is 10.1. The van der Waals surface area contributed by atoms with E-state index >= 15 is 0 Å². The van der Waals surface area contributed by atoms with Crippen molar-refractivity contribution in [3.63, 3.8) is 0 Å². The summed E-state index contributed by atoms with van der Waals surface area (Å²) >= 11 is 0. The molecule has 0 aliphatic carbocycles. The third-order valence-corrected chi connectivity index (χ3v) is 4.53. The van der Waals surface area contributed by atoms with Gasteiger partial charge in [-0.3, -0.25) is 14.8 Å². The average Bonchev–Trinajstić information content (AvgIpc) is 2.87. The maximum Gasteiger partial charge on any atom is 0.412 e. The smallest absolute Gasteiger partial charge is 0.412 e. The molecule has 0 spiro atoms. The molecule has 1 aromatic heterocycles. The summed E-state index contributed by atoms with van der Waals surface area (Å²) in [6.07, 6.45) is -0.380. The summed E-state index contributed by atoms with van der Waals surface area (Å²) in [6.45, 7) is 14.3. The largest absolute Gasteiger partial charge is 0.495 e. The van der Waals surface area contributed by atoms with Gasteiger partial charge in [0.05, 0.1) is 24.9 Å². The fourth-order valence-corrected chi connectivity index (χ4v) is 3.18. The number of methoxy groups -OCH3 is 1. The molecule has 2 N–H and O–H groups in total. The van der Waals surface area contributed by atoms with Crippen molar-refractivity contribution < 1.29 is 19.1 Å². The molecule has 8 heteroatoms. The molecule has 0 radical (unpaired) electrons. The van der Waals surface area contributed by atoms with Crippen molar-refractivity contribution >= 4 is 23.4 Å². The van der Waals surface area contributed by atoms with Crippen LogP contribution in [0.4, 0.5) is 16.2 Å². The Kier molecular flexibility index (Phi) is 7.70. The number of nitrogens with one attached hydrogen (secondary N) is 2. The van der Waals surface area contributed by atoms with Crippen LogP contribution >= 0.6 is 0 Å². The molecule has 170 valence electrons. The molecule has 1 aromatic carbocycles. The first-order valence-corrected chi connectivity index (χ1v) is 10.4. The average molecular weight is 431 g/mol. The molecule has 0 aliphatic rings. The summed E-state index contributed by atoms with van der Waals surface area (Å²) < 4.78 is 12.6. The maximum atomic E-state index is 12.7. The topological polar surface area (TPSA) is 94.5 Å². The number of aromatic nitrogens is 2. The molecule has 2 rings (SSSR count). The minimum absolute atomic E-state index is 0.163. The van der Waals surface area contributed by atoms with Gasteiger partial charge in [-0.05, 0) is 58.7 Å². The van der Waals surface area contributed by atoms with Crippen LogP contribution in [0.25, 0.3) is 0 Å². The van der Waals surface area contributed by atoms with Crippen LogP contribution in [0.2, 0.25) is 0 Å². The molecule has 0 atom stereocenters. The number of hydrogen-bond acceptors (Lipinski definition) is 5. The number of aryl methyl sites for hydroxylation is 1. The van der Waals surface area contributed by atoms with E-state index in [1.165, 1.54) is 7.11 Å². The lowest BCUT2D eigenvalue weighted by Crippen LogP contribution is -2.27. The summed E-state index contributed by atoms with van der Waals surface area (Å²) in [6, 6.07) is 5.04. The first-order valence-electron chi connectivity index (χ1n) is 10.4. The fraction of sp³-hybridized carbons (Fsp3) is 0.522. The van der Waals surface area contributed by atoms with Gasteiger partial charge >= 0.3 is 6.09 Å². The highest BCUT2D eigenvalue weighted by molar-refractivity contribution is 5.94. The van der Waals surface area contributed by atoms with Crippen molar-refractivity contribution in [2.75, 3.05) is 17.7 Å². The fourth-order valence-electron chi connectivity index (χ4n) is 3.18. The lowest BCUT2D eigenvalue weighted by molar-refractivity contribution is -0.115. The van der Waals surface area contributed by atoms with Crippen LogP contribution in [0, 0.1) is 19.8 Å². The Morgan fingerprint density at radius 2 is 1.84 bits per heavy atom. The molecule has 0 fully saturated rings. The van der Waals surface area contributed by atoms with E-state index in [1.807, 2.05) is 18.5 Å². The van der Waals surface area contributed by atoms with Crippen LogP contribution in [0.1, 0.15) is 51.6 Å². The number of ether oxygens (including phenoxy) is 2. The van der Waals surface area contributed by atoms with Gasteiger partial charge in [0.2, 0.25) is 5.91 Å². The Hall–Kier alpha value is -3.03. The molecule has 0 bridgehead atoms. The first-order chi connectivity index (χ1) is 14.4. The summed E-state index contributed by atoms with van der Waals surface area (Å²) in [4.78, 5) is 24.8. The van der Waals surface area contributed by atoms with Crippen LogP contribution in [0.15, 0.2) is 18.2 Å². The number of benzene rings is 1. The predicted octanol–water partition coefficient (Wildman–Crippen LogP) is 4.69. The third-order valence-electron chi connectivity index (χ3n) is 4.53. The van der Waals surface area contributed by atoms with Gasteiger partial charge in [-0.2, -0.15) is 5.10 Å². The SMILES string of the molecule is COc1ccc(NC(=O)Cc2c(C)nn(CC(C)C)c2C)cc1NC(=O)OC(C)(C)C. The Morgan fingerprint density at radius 3 is 2.42 bits per heavy atom. The van der Waals surface area contributed by atoms with Gasteiger partial charge in [0.1, 0.15) is 11.4 Å². The van der Waals surface area contributed by atoms with Crippen LogP contribution in [-0.4, -0.2) is 34.5 Å². The summed E-state index contributed by atoms with van der Waals surface area (Å²) in [5, 5.41) is 10.1. The van der Waals surface area contributed by atoms with Crippen molar-refractivity contribution in [2.45, 2.75) is 67.0 Å². The Bertz CT molecular complexity index is 942. The molecule has 0 aliphatic heterocycles. The zero-order chi connectivity index (χ0) is 23.3. The molecule has 2 aromatic rings. The van der Waals surface area contributed by atoms with Crippen LogP contribution in [-0.2, 0) is 22.5 Å². The molecular formula is C23H34N4O4. The second kappa shape index (κ2) is 9.85. The molecular weight excluding hydrogens is 396 g/mol. The zero-order valence-electron chi connectivity index (χ0n) is 19.8. The van der Waals surface area contributed by atoms with E-state index in [9.17, 15) is 9.59 Å². The molecule has 0 saturated heterocycles. The van der Waals surface area contributed by atoms with E-state index in [1.54, 1.807) is 39.0 Å². The quantitative estimate of drug-likeness (QED) is 0.664. The van der Waals surface area contributed by atoms with E-state index in [-0.39, 0.29) is 12.3 Å². The number of nitrogens with zero attached hydrogens (tertiary/aromatic N) is 2. The Labute approximate surface area is 184 Å². The van der Waals surface area contributed by atoms with Gasteiger partial charge in [-0.15, -0.1) is 0 Å². The molecule has 0 saturated carbocycles. The number of anilines is 2. The number of hydrogen-bond donors (Lipinski definition) is 2. The van der Waals surface area contributed by atoms with Crippen LogP contribution in [0.5, 0.6) is 5.75 Å². The number of carbonyl (C=O) groups excluding carboxylic acids is 2. The minimum Gasteiger partial charge on any atom is -0.495 e.